The second-order valence-corrected chi connectivity index (χ2v) is 8.14. The van der Waals surface area contributed by atoms with Gasteiger partial charge in [0.15, 0.2) is 0 Å². The lowest BCUT2D eigenvalue weighted by Gasteiger charge is -2.31. The molecular formula is C19H20FNO2S. The number of carbonyl (C=O) groups excluding carboxylic acids is 1. The highest BCUT2D eigenvalue weighted by molar-refractivity contribution is 8.01. The number of rotatable bonds is 3. The largest absolute Gasteiger partial charge is 0.394 e. The Hall–Kier alpha value is -1.85. The zero-order valence-electron chi connectivity index (χ0n) is 13.6. The number of aliphatic hydroxyl groups excluding tert-OH is 1. The number of aliphatic hydroxyl groups is 1. The first-order valence-corrected chi connectivity index (χ1v) is 8.74. The van der Waals surface area contributed by atoms with Crippen molar-refractivity contribution in [1.29, 1.82) is 0 Å². The molecule has 0 aromatic heterocycles. The topological polar surface area (TPSA) is 40.5 Å². The summed E-state index contributed by atoms with van der Waals surface area (Å²) in [5.74, 6) is -0.568. The maximum Gasteiger partial charge on any atom is 0.255 e. The zero-order chi connectivity index (χ0) is 17.3. The van der Waals surface area contributed by atoms with Gasteiger partial charge < -0.3 is 10.0 Å². The predicted octanol–water partition coefficient (Wildman–Crippen LogP) is 3.85. The number of nitrogens with zero attached hydrogens (tertiary/aromatic N) is 1. The lowest BCUT2D eigenvalue weighted by atomic mass is 10.0. The van der Waals surface area contributed by atoms with E-state index in [4.69, 9.17) is 0 Å². The number of hydrogen-bond donors (Lipinski definition) is 1. The lowest BCUT2D eigenvalue weighted by molar-refractivity contribution is 0.0560. The van der Waals surface area contributed by atoms with Crippen LogP contribution in [0.5, 0.6) is 0 Å². The molecule has 3 rings (SSSR count). The molecule has 24 heavy (non-hydrogen) atoms. The van der Waals surface area contributed by atoms with E-state index in [-0.39, 0.29) is 34.5 Å². The first kappa shape index (κ1) is 17.0. The Kier molecular flexibility index (Phi) is 4.65. The molecule has 0 saturated carbocycles. The molecule has 0 radical (unpaired) electrons. The van der Waals surface area contributed by atoms with Gasteiger partial charge in [-0.3, -0.25) is 4.79 Å². The summed E-state index contributed by atoms with van der Waals surface area (Å²) in [6.07, 6.45) is 0. The van der Waals surface area contributed by atoms with Crippen LogP contribution < -0.4 is 0 Å². The third-order valence-corrected chi connectivity index (χ3v) is 5.99. The fraction of sp³-hybridized carbons (Fsp3) is 0.316. The van der Waals surface area contributed by atoms with Crippen LogP contribution in [0.15, 0.2) is 54.6 Å². The van der Waals surface area contributed by atoms with E-state index >= 15 is 0 Å². The SMILES string of the molecule is CC1(C)SC(c2ccccc2)N(C(=O)c2ccc(F)cc2)[C@H]1CO. The van der Waals surface area contributed by atoms with Crippen LogP contribution in [0.1, 0.15) is 35.1 Å². The Morgan fingerprint density at radius 1 is 1.17 bits per heavy atom. The first-order valence-electron chi connectivity index (χ1n) is 7.86. The third-order valence-electron chi connectivity index (χ3n) is 4.39. The fourth-order valence-corrected chi connectivity index (χ4v) is 4.64. The minimum absolute atomic E-state index is 0.115. The smallest absolute Gasteiger partial charge is 0.255 e. The van der Waals surface area contributed by atoms with Gasteiger partial charge in [0.1, 0.15) is 11.2 Å². The van der Waals surface area contributed by atoms with Gasteiger partial charge >= 0.3 is 0 Å². The van der Waals surface area contributed by atoms with Gasteiger partial charge in [-0.15, -0.1) is 11.8 Å². The van der Waals surface area contributed by atoms with E-state index in [1.807, 2.05) is 44.2 Å². The van der Waals surface area contributed by atoms with E-state index in [2.05, 4.69) is 0 Å². The summed E-state index contributed by atoms with van der Waals surface area (Å²) in [6.45, 7) is 3.95. The van der Waals surface area contributed by atoms with Gasteiger partial charge in [0.25, 0.3) is 5.91 Å². The van der Waals surface area contributed by atoms with Crippen molar-refractivity contribution in [2.24, 2.45) is 0 Å². The predicted molar refractivity (Wildman–Crippen MR) is 94.3 cm³/mol. The number of hydrogen-bond acceptors (Lipinski definition) is 3. The monoisotopic (exact) mass is 345 g/mol. The van der Waals surface area contributed by atoms with Crippen molar-refractivity contribution in [2.45, 2.75) is 30.0 Å². The van der Waals surface area contributed by atoms with E-state index in [0.29, 0.717) is 5.56 Å². The van der Waals surface area contributed by atoms with Crippen molar-refractivity contribution in [3.8, 4) is 0 Å². The fourth-order valence-electron chi connectivity index (χ4n) is 3.07. The molecule has 1 amide bonds. The zero-order valence-corrected chi connectivity index (χ0v) is 14.5. The van der Waals surface area contributed by atoms with Gasteiger partial charge in [-0.1, -0.05) is 30.3 Å². The highest BCUT2D eigenvalue weighted by Crippen LogP contribution is 2.52. The van der Waals surface area contributed by atoms with Crippen molar-refractivity contribution in [1.82, 2.24) is 4.90 Å². The Balaban J connectivity index is 2.02. The minimum Gasteiger partial charge on any atom is -0.394 e. The molecule has 2 aromatic carbocycles. The van der Waals surface area contributed by atoms with Crippen molar-refractivity contribution in [2.75, 3.05) is 6.61 Å². The quantitative estimate of drug-likeness (QED) is 0.918. The number of carbonyl (C=O) groups is 1. The van der Waals surface area contributed by atoms with Crippen LogP contribution in [0, 0.1) is 5.82 Å². The van der Waals surface area contributed by atoms with Gasteiger partial charge in [0, 0.05) is 10.3 Å². The molecule has 1 fully saturated rings. The number of amides is 1. The Morgan fingerprint density at radius 3 is 2.38 bits per heavy atom. The first-order chi connectivity index (χ1) is 11.4. The summed E-state index contributed by atoms with van der Waals surface area (Å²) in [5.41, 5.74) is 1.44. The van der Waals surface area contributed by atoms with Crippen LogP contribution in [0.3, 0.4) is 0 Å². The third kappa shape index (κ3) is 3.06. The average molecular weight is 345 g/mol. The molecule has 5 heteroatoms. The van der Waals surface area contributed by atoms with Crippen LogP contribution in [0.2, 0.25) is 0 Å². The molecule has 1 N–H and O–H groups in total. The van der Waals surface area contributed by atoms with Crippen molar-refractivity contribution in [3.63, 3.8) is 0 Å². The van der Waals surface area contributed by atoms with E-state index in [9.17, 15) is 14.3 Å². The van der Waals surface area contributed by atoms with E-state index in [0.717, 1.165) is 5.56 Å². The van der Waals surface area contributed by atoms with E-state index in [1.165, 1.54) is 24.3 Å². The Bertz CT molecular complexity index is 718. The molecule has 0 spiro atoms. The summed E-state index contributed by atoms with van der Waals surface area (Å²) in [5, 5.41) is 9.73. The lowest BCUT2D eigenvalue weighted by Crippen LogP contribution is -2.46. The maximum absolute atomic E-state index is 13.2. The summed E-state index contributed by atoms with van der Waals surface area (Å²) >= 11 is 1.66. The molecule has 1 unspecified atom stereocenters. The van der Waals surface area contributed by atoms with Crippen LogP contribution in [0.25, 0.3) is 0 Å². The number of thioether (sulfide) groups is 1. The summed E-state index contributed by atoms with van der Waals surface area (Å²) < 4.78 is 12.9. The molecule has 3 nitrogen and oxygen atoms in total. The highest BCUT2D eigenvalue weighted by Gasteiger charge is 2.49. The Morgan fingerprint density at radius 2 is 1.79 bits per heavy atom. The van der Waals surface area contributed by atoms with Gasteiger partial charge in [-0.25, -0.2) is 4.39 Å². The van der Waals surface area contributed by atoms with E-state index in [1.54, 1.807) is 16.7 Å². The molecule has 2 aromatic rings. The van der Waals surface area contributed by atoms with Crippen molar-refractivity contribution >= 4 is 17.7 Å². The molecule has 0 bridgehead atoms. The Labute approximate surface area is 145 Å². The summed E-state index contributed by atoms with van der Waals surface area (Å²) in [4.78, 5) is 14.8. The van der Waals surface area contributed by atoms with E-state index < -0.39 is 0 Å². The molecule has 126 valence electrons. The minimum atomic E-state index is -0.374. The molecular weight excluding hydrogens is 325 g/mol. The van der Waals surface area contributed by atoms with Gasteiger partial charge in [0.2, 0.25) is 0 Å². The number of halogens is 1. The standard InChI is InChI=1S/C19H20FNO2S/c1-19(2)16(12-22)21(17(23)13-8-10-15(20)11-9-13)18(24-19)14-6-4-3-5-7-14/h3-11,16,18,22H,12H2,1-2H3/t16-,18?/m0/s1. The van der Waals surface area contributed by atoms with Crippen LogP contribution in [-0.4, -0.2) is 33.3 Å². The molecule has 1 aliphatic heterocycles. The van der Waals surface area contributed by atoms with Crippen molar-refractivity contribution in [3.05, 3.63) is 71.5 Å². The molecule has 1 saturated heterocycles. The molecule has 0 aliphatic carbocycles. The summed E-state index contributed by atoms with van der Waals surface area (Å²) in [7, 11) is 0. The van der Waals surface area contributed by atoms with Gasteiger partial charge in [0.05, 0.1) is 12.6 Å². The van der Waals surface area contributed by atoms with Crippen LogP contribution in [0.4, 0.5) is 4.39 Å². The van der Waals surface area contributed by atoms with Crippen molar-refractivity contribution < 1.29 is 14.3 Å². The van der Waals surface area contributed by atoms with Crippen LogP contribution >= 0.6 is 11.8 Å². The second-order valence-electron chi connectivity index (χ2n) is 6.40. The second kappa shape index (κ2) is 6.57. The molecule has 1 aliphatic rings. The molecule has 2 atom stereocenters. The normalized spacial score (nSPS) is 22.6. The van der Waals surface area contributed by atoms with Crippen LogP contribution in [-0.2, 0) is 0 Å². The molecule has 1 heterocycles. The average Bonchev–Trinajstić information content (AvgIpc) is 2.86. The van der Waals surface area contributed by atoms with Gasteiger partial charge in [-0.2, -0.15) is 0 Å². The van der Waals surface area contributed by atoms with Gasteiger partial charge in [-0.05, 0) is 43.7 Å². The highest BCUT2D eigenvalue weighted by atomic mass is 32.2. The number of benzene rings is 2. The summed E-state index contributed by atoms with van der Waals surface area (Å²) in [6, 6.07) is 15.0. The maximum atomic E-state index is 13.2.